The van der Waals surface area contributed by atoms with Gasteiger partial charge < -0.3 is 15.3 Å². The van der Waals surface area contributed by atoms with E-state index in [9.17, 15) is 5.11 Å². The van der Waals surface area contributed by atoms with E-state index in [2.05, 4.69) is 29.0 Å². The second-order valence-electron chi connectivity index (χ2n) is 5.77. The van der Waals surface area contributed by atoms with Gasteiger partial charge in [-0.2, -0.15) is 0 Å². The number of anilines is 1. The molecule has 3 rings (SSSR count). The van der Waals surface area contributed by atoms with E-state index in [4.69, 9.17) is 0 Å². The Bertz CT molecular complexity index is 628. The number of benzene rings is 1. The van der Waals surface area contributed by atoms with Crippen LogP contribution in [0.2, 0.25) is 0 Å². The number of phenols is 1. The van der Waals surface area contributed by atoms with Gasteiger partial charge in [0.1, 0.15) is 11.6 Å². The van der Waals surface area contributed by atoms with Crippen molar-refractivity contribution in [2.45, 2.75) is 38.8 Å². The van der Waals surface area contributed by atoms with Crippen LogP contribution in [0.15, 0.2) is 30.5 Å². The van der Waals surface area contributed by atoms with E-state index >= 15 is 0 Å². The molecule has 2 atom stereocenters. The highest BCUT2D eigenvalue weighted by atomic mass is 16.3. The Morgan fingerprint density at radius 2 is 2.14 bits per heavy atom. The van der Waals surface area contributed by atoms with Crippen LogP contribution in [0.3, 0.4) is 0 Å². The van der Waals surface area contributed by atoms with Gasteiger partial charge in [0, 0.05) is 36.8 Å². The van der Waals surface area contributed by atoms with E-state index in [1.54, 1.807) is 6.07 Å². The molecular formula is C17H23N3O. The Kier molecular flexibility index (Phi) is 3.97. The second kappa shape index (κ2) is 5.90. The quantitative estimate of drug-likeness (QED) is 0.910. The van der Waals surface area contributed by atoms with Crippen LogP contribution in [-0.2, 0) is 0 Å². The third kappa shape index (κ3) is 2.68. The molecule has 4 heteroatoms. The third-order valence-corrected chi connectivity index (χ3v) is 4.46. The lowest BCUT2D eigenvalue weighted by Gasteiger charge is -2.41. The first-order valence-electron chi connectivity index (χ1n) is 7.80. The minimum atomic E-state index is 0.298. The average Bonchev–Trinajstić information content (AvgIpc) is 2.53. The van der Waals surface area contributed by atoms with E-state index in [1.807, 2.05) is 24.4 Å². The molecule has 0 saturated carbocycles. The summed E-state index contributed by atoms with van der Waals surface area (Å²) in [5, 5.41) is 15.6. The van der Waals surface area contributed by atoms with Crippen LogP contribution < -0.4 is 10.2 Å². The molecule has 1 aromatic carbocycles. The smallest absolute Gasteiger partial charge is 0.136 e. The lowest BCUT2D eigenvalue weighted by atomic mass is 10.0. The van der Waals surface area contributed by atoms with Crippen molar-refractivity contribution in [3.05, 3.63) is 30.5 Å². The van der Waals surface area contributed by atoms with Crippen molar-refractivity contribution in [2.75, 3.05) is 18.0 Å². The van der Waals surface area contributed by atoms with Crippen LogP contribution >= 0.6 is 0 Å². The van der Waals surface area contributed by atoms with Crippen molar-refractivity contribution in [3.8, 4) is 5.75 Å². The minimum absolute atomic E-state index is 0.298. The molecule has 2 aromatic rings. The number of phenolic OH excluding ortho intramolecular Hbond substituents is 1. The molecule has 2 unspecified atom stereocenters. The molecular weight excluding hydrogens is 262 g/mol. The van der Waals surface area contributed by atoms with Gasteiger partial charge in [0.2, 0.25) is 0 Å². The first-order chi connectivity index (χ1) is 10.2. The predicted octanol–water partition coefficient (Wildman–Crippen LogP) is 2.91. The molecule has 2 N–H and O–H groups in total. The van der Waals surface area contributed by atoms with Crippen LogP contribution in [0.1, 0.15) is 26.7 Å². The highest BCUT2D eigenvalue weighted by Crippen LogP contribution is 2.30. The van der Waals surface area contributed by atoms with Gasteiger partial charge in [-0.1, -0.05) is 19.9 Å². The number of aromatic hydroxyl groups is 1. The van der Waals surface area contributed by atoms with Gasteiger partial charge in [0.05, 0.1) is 0 Å². The second-order valence-corrected chi connectivity index (χ2v) is 5.77. The fourth-order valence-electron chi connectivity index (χ4n) is 3.13. The Labute approximate surface area is 125 Å². The molecule has 21 heavy (non-hydrogen) atoms. The zero-order valence-electron chi connectivity index (χ0n) is 12.7. The van der Waals surface area contributed by atoms with Crippen molar-refractivity contribution in [2.24, 2.45) is 0 Å². The van der Waals surface area contributed by atoms with Crippen LogP contribution in [0.25, 0.3) is 10.8 Å². The lowest BCUT2D eigenvalue weighted by Crippen LogP contribution is -2.56. The van der Waals surface area contributed by atoms with Gasteiger partial charge in [-0.05, 0) is 36.4 Å². The summed E-state index contributed by atoms with van der Waals surface area (Å²) in [5.41, 5.74) is 0. The number of pyridine rings is 1. The summed E-state index contributed by atoms with van der Waals surface area (Å²) in [4.78, 5) is 7.03. The summed E-state index contributed by atoms with van der Waals surface area (Å²) < 4.78 is 0. The third-order valence-electron chi connectivity index (χ3n) is 4.46. The van der Waals surface area contributed by atoms with E-state index in [-0.39, 0.29) is 0 Å². The molecule has 4 nitrogen and oxygen atoms in total. The van der Waals surface area contributed by atoms with Crippen molar-refractivity contribution < 1.29 is 5.11 Å². The largest absolute Gasteiger partial charge is 0.508 e. The fourth-order valence-corrected chi connectivity index (χ4v) is 3.13. The van der Waals surface area contributed by atoms with E-state index < -0.39 is 0 Å². The minimum Gasteiger partial charge on any atom is -0.508 e. The average molecular weight is 285 g/mol. The molecule has 0 radical (unpaired) electrons. The topological polar surface area (TPSA) is 48.4 Å². The van der Waals surface area contributed by atoms with E-state index in [1.165, 1.54) is 0 Å². The standard InChI is InChI=1S/C17H23N3O/c1-3-13-11-20(14(4-2)10-19-13)17-16-9-15(21)6-5-12(16)7-8-18-17/h5-9,13-14,19,21H,3-4,10-11H2,1-2H3. The van der Waals surface area contributed by atoms with Crippen LogP contribution in [0.4, 0.5) is 5.82 Å². The predicted molar refractivity (Wildman–Crippen MR) is 86.9 cm³/mol. The molecule has 1 fully saturated rings. The molecule has 2 heterocycles. The van der Waals surface area contributed by atoms with E-state index in [0.29, 0.717) is 17.8 Å². The van der Waals surface area contributed by atoms with E-state index in [0.717, 1.165) is 42.5 Å². The zero-order chi connectivity index (χ0) is 14.8. The number of nitrogens with zero attached hydrogens (tertiary/aromatic N) is 2. The molecule has 0 bridgehead atoms. The van der Waals surface area contributed by atoms with Crippen molar-refractivity contribution in [3.63, 3.8) is 0 Å². The molecule has 112 valence electrons. The van der Waals surface area contributed by atoms with Crippen molar-refractivity contribution in [1.82, 2.24) is 10.3 Å². The number of aromatic nitrogens is 1. The lowest BCUT2D eigenvalue weighted by molar-refractivity contribution is 0.377. The summed E-state index contributed by atoms with van der Waals surface area (Å²) in [6.45, 7) is 6.39. The monoisotopic (exact) mass is 285 g/mol. The number of rotatable bonds is 3. The highest BCUT2D eigenvalue weighted by Gasteiger charge is 2.27. The van der Waals surface area contributed by atoms with Crippen LogP contribution in [0.5, 0.6) is 5.75 Å². The van der Waals surface area contributed by atoms with Crippen LogP contribution in [0, 0.1) is 0 Å². The summed E-state index contributed by atoms with van der Waals surface area (Å²) in [5.74, 6) is 1.29. The maximum Gasteiger partial charge on any atom is 0.136 e. The van der Waals surface area contributed by atoms with Gasteiger partial charge in [0.15, 0.2) is 0 Å². The van der Waals surface area contributed by atoms with Gasteiger partial charge in [-0.3, -0.25) is 0 Å². The molecule has 1 aliphatic heterocycles. The fraction of sp³-hybridized carbons (Fsp3) is 0.471. The number of hydrogen-bond donors (Lipinski definition) is 2. The number of fused-ring (bicyclic) bond motifs is 1. The Balaban J connectivity index is 2.06. The molecule has 1 aromatic heterocycles. The molecule has 1 aliphatic rings. The maximum atomic E-state index is 9.82. The first-order valence-corrected chi connectivity index (χ1v) is 7.80. The van der Waals surface area contributed by atoms with Gasteiger partial charge in [-0.15, -0.1) is 0 Å². The summed E-state index contributed by atoms with van der Waals surface area (Å²) in [6.07, 6.45) is 4.06. The number of nitrogens with one attached hydrogen (secondary N) is 1. The number of hydrogen-bond acceptors (Lipinski definition) is 4. The molecule has 0 amide bonds. The molecule has 0 spiro atoms. The Morgan fingerprint density at radius 1 is 1.29 bits per heavy atom. The summed E-state index contributed by atoms with van der Waals surface area (Å²) >= 11 is 0. The maximum absolute atomic E-state index is 9.82. The van der Waals surface area contributed by atoms with Crippen LogP contribution in [-0.4, -0.2) is 35.3 Å². The van der Waals surface area contributed by atoms with Crippen molar-refractivity contribution in [1.29, 1.82) is 0 Å². The highest BCUT2D eigenvalue weighted by molar-refractivity contribution is 5.93. The summed E-state index contributed by atoms with van der Waals surface area (Å²) in [7, 11) is 0. The van der Waals surface area contributed by atoms with Gasteiger partial charge >= 0.3 is 0 Å². The Morgan fingerprint density at radius 3 is 2.90 bits per heavy atom. The Hall–Kier alpha value is -1.81. The summed E-state index contributed by atoms with van der Waals surface area (Å²) in [6, 6.07) is 8.47. The van der Waals surface area contributed by atoms with Crippen molar-refractivity contribution >= 4 is 16.6 Å². The van der Waals surface area contributed by atoms with Gasteiger partial charge in [-0.25, -0.2) is 4.98 Å². The van der Waals surface area contributed by atoms with Gasteiger partial charge in [0.25, 0.3) is 0 Å². The number of piperazine rings is 1. The SMILES string of the molecule is CCC1CN(c2nccc3ccc(O)cc23)C(CC)CN1. The first kappa shape index (κ1) is 14.1. The zero-order valence-corrected chi connectivity index (χ0v) is 12.7. The normalized spacial score (nSPS) is 22.7. The molecule has 0 aliphatic carbocycles. The molecule has 1 saturated heterocycles.